The third-order valence-electron chi connectivity index (χ3n) is 5.08. The zero-order valence-corrected chi connectivity index (χ0v) is 17.4. The van der Waals surface area contributed by atoms with Crippen molar-refractivity contribution in [3.8, 4) is 5.69 Å². The van der Waals surface area contributed by atoms with Gasteiger partial charge in [-0.2, -0.15) is 5.10 Å². The van der Waals surface area contributed by atoms with Crippen molar-refractivity contribution < 1.29 is 14.0 Å². The van der Waals surface area contributed by atoms with Gasteiger partial charge in [0.15, 0.2) is 5.69 Å². The summed E-state index contributed by atoms with van der Waals surface area (Å²) in [6, 6.07) is 14.9. The summed E-state index contributed by atoms with van der Waals surface area (Å²) < 4.78 is 15.3. The maximum atomic E-state index is 13.9. The van der Waals surface area contributed by atoms with Crippen LogP contribution in [0, 0.1) is 5.82 Å². The lowest BCUT2D eigenvalue weighted by molar-refractivity contribution is -0.117. The van der Waals surface area contributed by atoms with E-state index >= 15 is 0 Å². The van der Waals surface area contributed by atoms with E-state index in [9.17, 15) is 14.0 Å². The summed E-state index contributed by atoms with van der Waals surface area (Å²) in [5, 5.41) is 7.53. The van der Waals surface area contributed by atoms with E-state index in [0.29, 0.717) is 36.9 Å². The average Bonchev–Trinajstić information content (AvgIpc) is 3.26. The highest BCUT2D eigenvalue weighted by Gasteiger charge is 2.25. The van der Waals surface area contributed by atoms with Crippen molar-refractivity contribution in [2.24, 2.45) is 0 Å². The lowest BCUT2D eigenvalue weighted by Gasteiger charge is -2.33. The molecule has 2 amide bonds. The van der Waals surface area contributed by atoms with Crippen molar-refractivity contribution in [2.45, 2.75) is 0 Å². The summed E-state index contributed by atoms with van der Waals surface area (Å²) in [6.07, 6.45) is 1.57. The van der Waals surface area contributed by atoms with Crippen LogP contribution >= 0.6 is 11.6 Å². The van der Waals surface area contributed by atoms with Crippen LogP contribution in [0.5, 0.6) is 0 Å². The number of aromatic nitrogens is 2. The highest BCUT2D eigenvalue weighted by molar-refractivity contribution is 6.33. The number of amides is 2. The summed E-state index contributed by atoms with van der Waals surface area (Å²) in [4.78, 5) is 28.8. The molecule has 31 heavy (non-hydrogen) atoms. The maximum Gasteiger partial charge on any atom is 0.274 e. The molecule has 2 heterocycles. The van der Waals surface area contributed by atoms with Crippen molar-refractivity contribution >= 4 is 29.1 Å². The summed E-state index contributed by atoms with van der Waals surface area (Å²) in [5.74, 6) is -0.778. The zero-order chi connectivity index (χ0) is 21.8. The van der Waals surface area contributed by atoms with Crippen LogP contribution in [0.15, 0.2) is 60.8 Å². The minimum Gasteiger partial charge on any atom is -0.335 e. The van der Waals surface area contributed by atoms with Gasteiger partial charge in [0.1, 0.15) is 11.5 Å². The van der Waals surface area contributed by atoms with Gasteiger partial charge in [0.05, 0.1) is 17.3 Å². The first-order valence-electron chi connectivity index (χ1n) is 9.88. The quantitative estimate of drug-likeness (QED) is 0.660. The number of anilines is 1. The lowest BCUT2D eigenvalue weighted by Crippen LogP contribution is -2.50. The second kappa shape index (κ2) is 9.28. The van der Waals surface area contributed by atoms with Crippen LogP contribution in [-0.4, -0.2) is 64.1 Å². The van der Waals surface area contributed by atoms with Crippen LogP contribution in [0.4, 0.5) is 10.1 Å². The van der Waals surface area contributed by atoms with Crippen molar-refractivity contribution in [1.82, 2.24) is 19.6 Å². The predicted octanol–water partition coefficient (Wildman–Crippen LogP) is 3.06. The van der Waals surface area contributed by atoms with E-state index in [2.05, 4.69) is 10.4 Å². The molecule has 1 saturated heterocycles. The first-order chi connectivity index (χ1) is 15.0. The fourth-order valence-electron chi connectivity index (χ4n) is 3.44. The molecule has 7 nitrogen and oxygen atoms in total. The normalized spacial score (nSPS) is 14.5. The Balaban J connectivity index is 1.31. The molecule has 1 fully saturated rings. The number of nitrogens with one attached hydrogen (secondary N) is 1. The number of hydrogen-bond donors (Lipinski definition) is 1. The van der Waals surface area contributed by atoms with Crippen LogP contribution in [0.3, 0.4) is 0 Å². The summed E-state index contributed by atoms with van der Waals surface area (Å²) >= 11 is 6.07. The molecule has 1 aromatic heterocycles. The number of carbonyl (C=O) groups is 2. The molecular weight excluding hydrogens is 421 g/mol. The van der Waals surface area contributed by atoms with Crippen LogP contribution < -0.4 is 5.32 Å². The molecule has 9 heteroatoms. The summed E-state index contributed by atoms with van der Waals surface area (Å²) in [7, 11) is 0. The monoisotopic (exact) mass is 441 g/mol. The molecule has 0 saturated carbocycles. The second-order valence-corrected chi connectivity index (χ2v) is 7.60. The molecule has 3 aromatic rings. The van der Waals surface area contributed by atoms with Gasteiger partial charge in [-0.25, -0.2) is 9.07 Å². The Labute approximate surface area is 184 Å². The van der Waals surface area contributed by atoms with E-state index in [-0.39, 0.29) is 29.7 Å². The SMILES string of the molecule is O=C(CN1CCN(C(=O)c2ccn(-c3ccccc3F)n2)CC1)Nc1ccccc1Cl. The molecule has 2 aromatic carbocycles. The number of para-hydroxylation sites is 2. The van der Waals surface area contributed by atoms with E-state index in [1.54, 1.807) is 59.6 Å². The molecule has 0 spiro atoms. The van der Waals surface area contributed by atoms with Gasteiger partial charge < -0.3 is 10.2 Å². The minimum absolute atomic E-state index is 0.156. The molecule has 0 radical (unpaired) electrons. The first-order valence-corrected chi connectivity index (χ1v) is 10.3. The number of piperazine rings is 1. The Kier molecular flexibility index (Phi) is 6.29. The topological polar surface area (TPSA) is 70.5 Å². The summed E-state index contributed by atoms with van der Waals surface area (Å²) in [6.45, 7) is 2.30. The Hall–Kier alpha value is -3.23. The maximum absolute atomic E-state index is 13.9. The van der Waals surface area contributed by atoms with Gasteiger partial charge in [-0.3, -0.25) is 14.5 Å². The van der Waals surface area contributed by atoms with Gasteiger partial charge in [0, 0.05) is 32.4 Å². The Morgan fingerprint density at radius 3 is 2.45 bits per heavy atom. The number of rotatable bonds is 5. The highest BCUT2D eigenvalue weighted by atomic mass is 35.5. The number of hydrogen-bond acceptors (Lipinski definition) is 4. The van der Waals surface area contributed by atoms with E-state index in [4.69, 9.17) is 11.6 Å². The molecule has 0 unspecified atom stereocenters. The number of nitrogens with zero attached hydrogens (tertiary/aromatic N) is 4. The van der Waals surface area contributed by atoms with Gasteiger partial charge in [0.2, 0.25) is 5.91 Å². The average molecular weight is 442 g/mol. The largest absolute Gasteiger partial charge is 0.335 e. The lowest BCUT2D eigenvalue weighted by atomic mass is 10.2. The molecule has 1 N–H and O–H groups in total. The Bertz CT molecular complexity index is 1090. The second-order valence-electron chi connectivity index (χ2n) is 7.19. The molecular formula is C22H21ClFN5O2. The smallest absolute Gasteiger partial charge is 0.274 e. The standard InChI is InChI=1S/C22H21ClFN5O2/c23-16-5-1-3-7-18(16)25-21(30)15-27-11-13-28(14-12-27)22(31)19-9-10-29(26-19)20-8-4-2-6-17(20)24/h1-10H,11-15H2,(H,25,30). The molecule has 0 aliphatic carbocycles. The first kappa shape index (κ1) is 21.0. The Morgan fingerprint density at radius 1 is 1.00 bits per heavy atom. The third kappa shape index (κ3) is 4.92. The van der Waals surface area contributed by atoms with Crippen molar-refractivity contribution in [2.75, 3.05) is 38.0 Å². The van der Waals surface area contributed by atoms with Crippen molar-refractivity contribution in [3.05, 3.63) is 77.3 Å². The highest BCUT2D eigenvalue weighted by Crippen LogP contribution is 2.20. The van der Waals surface area contributed by atoms with E-state index in [1.807, 2.05) is 4.90 Å². The van der Waals surface area contributed by atoms with Gasteiger partial charge in [-0.1, -0.05) is 35.9 Å². The van der Waals surface area contributed by atoms with Crippen molar-refractivity contribution in [3.63, 3.8) is 0 Å². The third-order valence-corrected chi connectivity index (χ3v) is 5.41. The molecule has 4 rings (SSSR count). The zero-order valence-electron chi connectivity index (χ0n) is 16.7. The molecule has 1 aliphatic heterocycles. The number of carbonyl (C=O) groups excluding carboxylic acids is 2. The van der Waals surface area contributed by atoms with Crippen LogP contribution in [0.25, 0.3) is 5.69 Å². The van der Waals surface area contributed by atoms with E-state index in [1.165, 1.54) is 10.7 Å². The molecule has 160 valence electrons. The minimum atomic E-state index is -0.409. The predicted molar refractivity (Wildman–Crippen MR) is 116 cm³/mol. The van der Waals surface area contributed by atoms with Gasteiger partial charge in [0.25, 0.3) is 5.91 Å². The number of halogens is 2. The van der Waals surface area contributed by atoms with Crippen LogP contribution in [-0.2, 0) is 4.79 Å². The fourth-order valence-corrected chi connectivity index (χ4v) is 3.62. The van der Waals surface area contributed by atoms with Crippen LogP contribution in [0.1, 0.15) is 10.5 Å². The van der Waals surface area contributed by atoms with Crippen molar-refractivity contribution in [1.29, 1.82) is 0 Å². The molecule has 0 atom stereocenters. The Morgan fingerprint density at radius 2 is 1.71 bits per heavy atom. The van der Waals surface area contributed by atoms with Gasteiger partial charge in [-0.15, -0.1) is 0 Å². The summed E-state index contributed by atoms with van der Waals surface area (Å²) in [5.41, 5.74) is 1.12. The molecule has 0 bridgehead atoms. The van der Waals surface area contributed by atoms with E-state index in [0.717, 1.165) is 0 Å². The van der Waals surface area contributed by atoms with Gasteiger partial charge >= 0.3 is 0 Å². The van der Waals surface area contributed by atoms with Gasteiger partial charge in [-0.05, 0) is 30.3 Å². The van der Waals surface area contributed by atoms with Crippen LogP contribution in [0.2, 0.25) is 5.02 Å². The van der Waals surface area contributed by atoms with E-state index < -0.39 is 5.82 Å². The molecule has 1 aliphatic rings. The number of benzene rings is 2. The fraction of sp³-hybridized carbons (Fsp3) is 0.227.